The highest BCUT2D eigenvalue weighted by atomic mass is 35.5. The van der Waals surface area contributed by atoms with Crippen molar-refractivity contribution in [3.63, 3.8) is 0 Å². The number of imide groups is 1. The van der Waals surface area contributed by atoms with E-state index in [4.69, 9.17) is 23.2 Å². The molecule has 7 rings (SSSR count). The Balaban J connectivity index is 1.50. The van der Waals surface area contributed by atoms with Crippen molar-refractivity contribution in [2.45, 2.75) is 22.7 Å². The molecule has 0 unspecified atom stereocenters. The number of hydrogen-bond donors (Lipinski definition) is 1. The summed E-state index contributed by atoms with van der Waals surface area (Å²) >= 11 is 16.0. The lowest BCUT2D eigenvalue weighted by Gasteiger charge is -2.54. The van der Waals surface area contributed by atoms with E-state index in [1.165, 1.54) is 18.3 Å². The van der Waals surface area contributed by atoms with E-state index in [0.29, 0.717) is 5.13 Å². The number of carbonyl (C=O) groups is 3. The maximum absolute atomic E-state index is 13.8. The van der Waals surface area contributed by atoms with E-state index in [9.17, 15) is 14.4 Å². The van der Waals surface area contributed by atoms with Gasteiger partial charge < -0.3 is 5.32 Å². The van der Waals surface area contributed by atoms with Crippen LogP contribution in [0, 0.1) is 11.8 Å². The maximum atomic E-state index is 13.8. The SMILES string of the molecule is C[C@H](C(=O)Nc1nccs1)N1C(=O)[C@@H]2[C@H](C1=O)C1(Cl)c3ccccc3C2(Cl)c2ccccc21. The van der Waals surface area contributed by atoms with Gasteiger partial charge in [0.1, 0.15) is 15.8 Å². The lowest BCUT2D eigenvalue weighted by atomic mass is 9.54. The Kier molecular flexibility index (Phi) is 4.35. The molecule has 4 aliphatic rings. The van der Waals surface area contributed by atoms with Gasteiger partial charge >= 0.3 is 0 Å². The van der Waals surface area contributed by atoms with Crippen molar-refractivity contribution in [1.29, 1.82) is 0 Å². The molecule has 1 fully saturated rings. The van der Waals surface area contributed by atoms with E-state index in [0.717, 1.165) is 27.2 Å². The van der Waals surface area contributed by atoms with Crippen LogP contribution < -0.4 is 5.32 Å². The number of hydrogen-bond acceptors (Lipinski definition) is 5. The van der Waals surface area contributed by atoms with E-state index in [2.05, 4.69) is 10.3 Å². The van der Waals surface area contributed by atoms with Crippen LogP contribution in [0.2, 0.25) is 0 Å². The number of rotatable bonds is 3. The predicted octanol–water partition coefficient (Wildman–Crippen LogP) is 4.06. The van der Waals surface area contributed by atoms with Gasteiger partial charge in [-0.2, -0.15) is 0 Å². The smallest absolute Gasteiger partial charge is 0.249 e. The number of nitrogens with zero attached hydrogens (tertiary/aromatic N) is 2. The summed E-state index contributed by atoms with van der Waals surface area (Å²) in [6, 6.07) is 13.8. The molecule has 9 heteroatoms. The number of aromatic nitrogens is 1. The summed E-state index contributed by atoms with van der Waals surface area (Å²) in [4.78, 5) is 43.1. The molecular formula is C24H17Cl2N3O3S. The number of anilines is 1. The minimum Gasteiger partial charge on any atom is -0.300 e. The number of alkyl halides is 2. The summed E-state index contributed by atoms with van der Waals surface area (Å²) in [6.07, 6.45) is 1.56. The van der Waals surface area contributed by atoms with Crippen LogP contribution in [-0.2, 0) is 24.1 Å². The number of likely N-dealkylation sites (tertiary alicyclic amines) is 1. The van der Waals surface area contributed by atoms with Crippen molar-refractivity contribution in [1.82, 2.24) is 9.88 Å². The fourth-order valence-corrected chi connectivity index (χ4v) is 7.31. The van der Waals surface area contributed by atoms with Gasteiger partial charge in [-0.3, -0.25) is 19.3 Å². The van der Waals surface area contributed by atoms with Gasteiger partial charge in [0.15, 0.2) is 5.13 Å². The molecule has 2 aromatic carbocycles. The maximum Gasteiger partial charge on any atom is 0.249 e. The van der Waals surface area contributed by atoms with Gasteiger partial charge in [0.05, 0.1) is 11.8 Å². The average Bonchev–Trinajstić information content (AvgIpc) is 3.42. The summed E-state index contributed by atoms with van der Waals surface area (Å²) < 4.78 is 0. The molecule has 1 aliphatic heterocycles. The Morgan fingerprint density at radius 2 is 1.42 bits per heavy atom. The third-order valence-electron chi connectivity index (χ3n) is 7.05. The summed E-state index contributed by atoms with van der Waals surface area (Å²) in [7, 11) is 0. The van der Waals surface area contributed by atoms with Crippen LogP contribution >= 0.6 is 34.5 Å². The van der Waals surface area contributed by atoms with Gasteiger partial charge in [0.25, 0.3) is 0 Å². The first-order chi connectivity index (χ1) is 15.8. The van der Waals surface area contributed by atoms with Gasteiger partial charge in [-0.1, -0.05) is 48.5 Å². The molecule has 1 N–H and O–H groups in total. The molecule has 2 heterocycles. The third-order valence-corrected chi connectivity index (χ3v) is 9.02. The number of thiazole rings is 1. The fourth-order valence-electron chi connectivity index (χ4n) is 5.68. The molecule has 33 heavy (non-hydrogen) atoms. The molecule has 0 spiro atoms. The van der Waals surface area contributed by atoms with Crippen LogP contribution in [-0.4, -0.2) is 33.6 Å². The number of carbonyl (C=O) groups excluding carboxylic acids is 3. The molecule has 1 saturated heterocycles. The summed E-state index contributed by atoms with van der Waals surface area (Å²) in [6.45, 7) is 1.53. The number of nitrogens with one attached hydrogen (secondary N) is 1. The Morgan fingerprint density at radius 3 is 1.82 bits per heavy atom. The van der Waals surface area contributed by atoms with Crippen molar-refractivity contribution in [2.24, 2.45) is 11.8 Å². The van der Waals surface area contributed by atoms with E-state index in [1.54, 1.807) is 11.6 Å². The van der Waals surface area contributed by atoms with Gasteiger partial charge in [0.2, 0.25) is 17.7 Å². The second-order valence-electron chi connectivity index (χ2n) is 8.52. The van der Waals surface area contributed by atoms with E-state index in [1.807, 2.05) is 48.5 Å². The first-order valence-corrected chi connectivity index (χ1v) is 12.1. The highest BCUT2D eigenvalue weighted by Crippen LogP contribution is 2.69. The van der Waals surface area contributed by atoms with Crippen molar-refractivity contribution >= 4 is 57.4 Å². The quantitative estimate of drug-likeness (QED) is 0.437. The van der Waals surface area contributed by atoms with Crippen molar-refractivity contribution in [3.8, 4) is 0 Å². The molecule has 3 amide bonds. The number of amides is 3. The largest absolute Gasteiger partial charge is 0.300 e. The van der Waals surface area contributed by atoms with Crippen LogP contribution in [0.1, 0.15) is 29.2 Å². The Bertz CT molecular complexity index is 1220. The lowest BCUT2D eigenvalue weighted by molar-refractivity contribution is -0.146. The molecular weight excluding hydrogens is 481 g/mol. The minimum atomic E-state index is -1.26. The van der Waals surface area contributed by atoms with Gasteiger partial charge in [-0.25, -0.2) is 4.98 Å². The first-order valence-electron chi connectivity index (χ1n) is 10.5. The topological polar surface area (TPSA) is 79.4 Å². The molecule has 3 atom stereocenters. The van der Waals surface area contributed by atoms with Crippen molar-refractivity contribution in [2.75, 3.05) is 5.32 Å². The van der Waals surface area contributed by atoms with Crippen molar-refractivity contribution < 1.29 is 14.4 Å². The summed E-state index contributed by atoms with van der Waals surface area (Å²) in [5.41, 5.74) is 2.91. The Hall–Kier alpha value is -2.74. The zero-order valence-corrected chi connectivity index (χ0v) is 19.6. The van der Waals surface area contributed by atoms with E-state index < -0.39 is 45.3 Å². The molecule has 2 bridgehead atoms. The second-order valence-corrected chi connectivity index (χ2v) is 10.6. The molecule has 3 aromatic rings. The fraction of sp³-hybridized carbons (Fsp3) is 0.250. The molecule has 166 valence electrons. The Morgan fingerprint density at radius 1 is 0.970 bits per heavy atom. The minimum absolute atomic E-state index is 0.394. The van der Waals surface area contributed by atoms with Crippen LogP contribution in [0.3, 0.4) is 0 Å². The van der Waals surface area contributed by atoms with Crippen molar-refractivity contribution in [3.05, 3.63) is 82.4 Å². The monoisotopic (exact) mass is 497 g/mol. The molecule has 1 aromatic heterocycles. The second kappa shape index (κ2) is 6.88. The highest BCUT2D eigenvalue weighted by molar-refractivity contribution is 7.13. The average molecular weight is 498 g/mol. The highest BCUT2D eigenvalue weighted by Gasteiger charge is 2.73. The normalized spacial score (nSPS) is 30.0. The van der Waals surface area contributed by atoms with Gasteiger partial charge in [-0.15, -0.1) is 34.5 Å². The molecule has 6 nitrogen and oxygen atoms in total. The third kappa shape index (κ3) is 2.45. The van der Waals surface area contributed by atoms with Crippen LogP contribution in [0.25, 0.3) is 0 Å². The van der Waals surface area contributed by atoms with Gasteiger partial charge in [0, 0.05) is 11.6 Å². The number of benzene rings is 2. The molecule has 0 radical (unpaired) electrons. The van der Waals surface area contributed by atoms with Crippen LogP contribution in [0.15, 0.2) is 60.1 Å². The summed E-state index contributed by atoms with van der Waals surface area (Å²) in [5, 5.41) is 4.79. The zero-order chi connectivity index (χ0) is 23.1. The Labute approximate surface area is 203 Å². The summed E-state index contributed by atoms with van der Waals surface area (Å²) in [5.74, 6) is -3.33. The molecule has 3 aliphatic carbocycles. The standard InChI is InChI=1S/C24H17Cl2N3O3S/c1-12(19(30)28-22-27-10-11-33-22)29-20(31)17-18(21(29)32)24(26)14-7-3-2-6-13(14)23(17,25)15-8-4-5-9-16(15)24/h2-12,17-18H,1H3,(H,27,28,30)/t12-,17-,18+,23?,24?/m1/s1. The van der Waals surface area contributed by atoms with E-state index in [-0.39, 0.29) is 0 Å². The van der Waals surface area contributed by atoms with Crippen LogP contribution in [0.5, 0.6) is 0 Å². The first kappa shape index (κ1) is 20.8. The zero-order valence-electron chi connectivity index (χ0n) is 17.3. The molecule has 0 saturated carbocycles. The van der Waals surface area contributed by atoms with E-state index >= 15 is 0 Å². The lowest BCUT2D eigenvalue weighted by Crippen LogP contribution is -2.57. The van der Waals surface area contributed by atoms with Crippen LogP contribution in [0.4, 0.5) is 5.13 Å². The predicted molar refractivity (Wildman–Crippen MR) is 125 cm³/mol. The number of halogens is 2. The van der Waals surface area contributed by atoms with Gasteiger partial charge in [-0.05, 0) is 29.2 Å².